The summed E-state index contributed by atoms with van der Waals surface area (Å²) in [6.07, 6.45) is 0. The Bertz CT molecular complexity index is 130. The van der Waals surface area contributed by atoms with E-state index in [1.807, 2.05) is 0 Å². The third-order valence-electron chi connectivity index (χ3n) is 0. The topological polar surface area (TPSA) is 200 Å². The van der Waals surface area contributed by atoms with Gasteiger partial charge in [-0.3, -0.25) is 0 Å². The van der Waals surface area contributed by atoms with Crippen LogP contribution in [0, 0.1) is 0 Å². The molecule has 0 amide bonds. The second kappa shape index (κ2) is 16.4. The summed E-state index contributed by atoms with van der Waals surface area (Å²) >= 11 is -5.94. The first-order valence-electron chi connectivity index (χ1n) is 0.617. The van der Waals surface area contributed by atoms with Crippen molar-refractivity contribution in [3.63, 3.8) is 0 Å². The molecule has 0 spiro atoms. The molecule has 0 aliphatic rings. The van der Waals surface area contributed by atoms with E-state index in [0.717, 1.165) is 0 Å². The van der Waals surface area contributed by atoms with Gasteiger partial charge in [-0.25, -0.2) is 0 Å². The summed E-state index contributed by atoms with van der Waals surface area (Å²) in [5, 5.41) is 0. The SMILES string of the molecule is O.O.O.O.[Na+].[O]=[Tc](=[O])(=[O])[O-]. The molecular weight excluding hydrogens is 249 g/mol. The molecule has 0 saturated heterocycles. The van der Waals surface area contributed by atoms with Crippen molar-refractivity contribution in [2.45, 2.75) is 0 Å². The van der Waals surface area contributed by atoms with E-state index in [2.05, 4.69) is 0 Å². The Kier molecular flexibility index (Phi) is 73.6. The Morgan fingerprint density at radius 2 is 0.800 bits per heavy atom. The average Bonchev–Trinajstić information content (AvgIpc) is 0.722. The van der Waals surface area contributed by atoms with Crippen LogP contribution in [0.1, 0.15) is 0 Å². The molecule has 8 nitrogen and oxygen atoms in total. The molecular formula is H8NaO8Tc. The summed E-state index contributed by atoms with van der Waals surface area (Å²) in [4.78, 5) is 0. The second-order valence-electron chi connectivity index (χ2n) is 0.378. The van der Waals surface area contributed by atoms with E-state index in [0.29, 0.717) is 0 Å². The van der Waals surface area contributed by atoms with Crippen LogP contribution in [0.4, 0.5) is 0 Å². The first-order valence-corrected chi connectivity index (χ1v) is 3.65. The minimum atomic E-state index is -5.94. The molecule has 0 atom stereocenters. The maximum atomic E-state index is 8.62. The van der Waals surface area contributed by atoms with Gasteiger partial charge in [0, 0.05) is 0 Å². The molecule has 0 aliphatic heterocycles. The molecule has 64 valence electrons. The molecule has 0 rings (SSSR count). The fraction of sp³-hybridized carbons (Fsp3) is 0. The summed E-state index contributed by atoms with van der Waals surface area (Å²) in [6.45, 7) is 0. The van der Waals surface area contributed by atoms with Gasteiger partial charge < -0.3 is 21.9 Å². The third kappa shape index (κ3) is 756. The van der Waals surface area contributed by atoms with Crippen molar-refractivity contribution >= 4 is 0 Å². The van der Waals surface area contributed by atoms with E-state index in [-0.39, 0.29) is 51.5 Å². The van der Waals surface area contributed by atoms with Crippen LogP contribution in [0.25, 0.3) is 0 Å². The molecule has 0 radical (unpaired) electrons. The summed E-state index contributed by atoms with van der Waals surface area (Å²) in [5.41, 5.74) is 0. The zero-order chi connectivity index (χ0) is 4.50. The molecule has 10 heavy (non-hydrogen) atoms. The van der Waals surface area contributed by atoms with Crippen LogP contribution in [0.5, 0.6) is 0 Å². The van der Waals surface area contributed by atoms with E-state index in [1.165, 1.54) is 0 Å². The zero-order valence-corrected chi connectivity index (χ0v) is 8.87. The first kappa shape index (κ1) is 44.8. The summed E-state index contributed by atoms with van der Waals surface area (Å²) in [5.74, 6) is 0. The van der Waals surface area contributed by atoms with Crippen molar-refractivity contribution in [1.29, 1.82) is 0 Å². The Labute approximate surface area is 81.0 Å². The van der Waals surface area contributed by atoms with Crippen LogP contribution in [0.15, 0.2) is 0 Å². The van der Waals surface area contributed by atoms with E-state index in [9.17, 15) is 0 Å². The van der Waals surface area contributed by atoms with Crippen molar-refractivity contribution in [2.75, 3.05) is 0 Å². The van der Waals surface area contributed by atoms with Crippen LogP contribution in [-0.4, -0.2) is 21.9 Å². The fourth-order valence-electron chi connectivity index (χ4n) is 0. The van der Waals surface area contributed by atoms with Crippen LogP contribution in [0.3, 0.4) is 0 Å². The zero-order valence-electron chi connectivity index (χ0n) is 5.01. The Morgan fingerprint density at radius 1 is 0.800 bits per heavy atom. The van der Waals surface area contributed by atoms with Crippen molar-refractivity contribution < 1.29 is 81.4 Å². The molecule has 0 heterocycles. The fourth-order valence-corrected chi connectivity index (χ4v) is 0. The van der Waals surface area contributed by atoms with E-state index >= 15 is 0 Å². The third-order valence-corrected chi connectivity index (χ3v) is 0. The molecule has 0 saturated carbocycles. The molecule has 0 aromatic heterocycles. The van der Waals surface area contributed by atoms with Gasteiger partial charge in [-0.2, -0.15) is 0 Å². The minimum absolute atomic E-state index is 0. The van der Waals surface area contributed by atoms with Gasteiger partial charge in [-0.05, 0) is 0 Å². The van der Waals surface area contributed by atoms with Crippen molar-refractivity contribution in [3.8, 4) is 0 Å². The molecule has 0 bridgehead atoms. The summed E-state index contributed by atoms with van der Waals surface area (Å²) in [7, 11) is 0. The Balaban J connectivity index is -0.00000000800. The van der Waals surface area contributed by atoms with Gasteiger partial charge in [0.1, 0.15) is 0 Å². The molecule has 0 fully saturated rings. The molecule has 0 unspecified atom stereocenters. The van der Waals surface area contributed by atoms with Gasteiger partial charge in [0.2, 0.25) is 0 Å². The summed E-state index contributed by atoms with van der Waals surface area (Å²) in [6, 6.07) is 0. The predicted octanol–water partition coefficient (Wildman–Crippen LogP) is -7.84. The quantitative estimate of drug-likeness (QED) is 0.388. The molecule has 0 aromatic carbocycles. The molecule has 0 aliphatic carbocycles. The van der Waals surface area contributed by atoms with Crippen molar-refractivity contribution in [1.82, 2.24) is 0 Å². The van der Waals surface area contributed by atoms with Crippen molar-refractivity contribution in [3.05, 3.63) is 0 Å². The average molecular weight is 257 g/mol. The van der Waals surface area contributed by atoms with E-state index < -0.39 is 15.5 Å². The van der Waals surface area contributed by atoms with Crippen LogP contribution in [-0.2, 0) is 26.0 Å². The molecule has 10 heteroatoms. The number of hydrogen-bond donors (Lipinski definition) is 0. The van der Waals surface area contributed by atoms with Gasteiger partial charge in [0.05, 0.1) is 0 Å². The second-order valence-corrected chi connectivity index (χ2v) is 2.24. The molecule has 0 aromatic rings. The van der Waals surface area contributed by atoms with Crippen LogP contribution < -0.4 is 33.4 Å². The number of hydrogen-bond acceptors (Lipinski definition) is 4. The monoisotopic (exact) mass is 256 g/mol. The standard InChI is InChI=1S/Na.4H2O.4O.Tc/h;4*1H2;;;;;/q+1;;;;;;;;-1;. The van der Waals surface area contributed by atoms with Gasteiger partial charge >= 0.3 is 59.5 Å². The predicted molar refractivity (Wildman–Crippen MR) is 16.5 cm³/mol. The Hall–Kier alpha value is 0.849. The molecule has 8 N–H and O–H groups in total. The van der Waals surface area contributed by atoms with Gasteiger partial charge in [0.15, 0.2) is 0 Å². The Morgan fingerprint density at radius 3 is 0.800 bits per heavy atom. The first-order chi connectivity index (χ1) is 2.00. The van der Waals surface area contributed by atoms with Gasteiger partial charge in [0.25, 0.3) is 0 Å². The van der Waals surface area contributed by atoms with Crippen LogP contribution in [0.2, 0.25) is 0 Å². The van der Waals surface area contributed by atoms with E-state index in [4.69, 9.17) is 14.4 Å². The van der Waals surface area contributed by atoms with Crippen molar-refractivity contribution in [2.24, 2.45) is 0 Å². The van der Waals surface area contributed by atoms with Gasteiger partial charge in [-0.1, -0.05) is 0 Å². The van der Waals surface area contributed by atoms with E-state index in [1.54, 1.807) is 0 Å². The van der Waals surface area contributed by atoms with Crippen LogP contribution >= 0.6 is 0 Å². The normalized spacial score (nSPS) is 5.70. The maximum absolute atomic E-state index is 8.62. The summed E-state index contributed by atoms with van der Waals surface area (Å²) < 4.78 is 34.5. The number of rotatable bonds is 0. The van der Waals surface area contributed by atoms with Gasteiger partial charge in [-0.15, -0.1) is 0 Å².